The van der Waals surface area contributed by atoms with Crippen molar-refractivity contribution in [2.75, 3.05) is 13.1 Å². The molecule has 2 aliphatic rings. The molecule has 2 saturated heterocycles. The van der Waals surface area contributed by atoms with Crippen LogP contribution in [0.5, 0.6) is 0 Å². The zero-order valence-corrected chi connectivity index (χ0v) is 15.4. The molecule has 2 aliphatic heterocycles. The molecule has 130 valence electrons. The van der Waals surface area contributed by atoms with E-state index in [0.717, 1.165) is 22.3 Å². The molecular weight excluding hydrogens is 301 g/mol. The molecule has 0 amide bonds. The standard InChI is InChI=1S/C14H19BN2O2.C4H9N/c1-9-16-11-7-6-10(8-12(11)17-9)15-18-13(2,3)14(4,5)19-15;1-2-4-5-3-1/h6-8H,1-5H3,(H,16,17);5H,1-4H2. The Morgan fingerprint density at radius 2 is 1.67 bits per heavy atom. The summed E-state index contributed by atoms with van der Waals surface area (Å²) in [7, 11) is -0.321. The Bertz CT molecular complexity index is 684. The van der Waals surface area contributed by atoms with E-state index in [2.05, 4.69) is 49.0 Å². The Morgan fingerprint density at radius 1 is 1.04 bits per heavy atom. The summed E-state index contributed by atoms with van der Waals surface area (Å²) in [6, 6.07) is 6.07. The molecule has 1 aromatic heterocycles. The highest BCUT2D eigenvalue weighted by molar-refractivity contribution is 6.62. The van der Waals surface area contributed by atoms with Crippen LogP contribution in [0.2, 0.25) is 0 Å². The van der Waals surface area contributed by atoms with Crippen LogP contribution in [0, 0.1) is 6.92 Å². The summed E-state index contributed by atoms with van der Waals surface area (Å²) in [4.78, 5) is 7.64. The molecule has 0 aliphatic carbocycles. The number of aryl methyl sites for hydroxylation is 1. The molecule has 1 aromatic carbocycles. The highest BCUT2D eigenvalue weighted by Gasteiger charge is 2.51. The van der Waals surface area contributed by atoms with E-state index < -0.39 is 0 Å². The molecule has 2 fully saturated rings. The van der Waals surface area contributed by atoms with Crippen LogP contribution in [0.1, 0.15) is 46.4 Å². The Kier molecular flexibility index (Phi) is 4.73. The van der Waals surface area contributed by atoms with Crippen LogP contribution in [0.4, 0.5) is 0 Å². The van der Waals surface area contributed by atoms with E-state index >= 15 is 0 Å². The van der Waals surface area contributed by atoms with Gasteiger partial charge in [0.25, 0.3) is 0 Å². The van der Waals surface area contributed by atoms with E-state index in [0.29, 0.717) is 0 Å². The number of hydrogen-bond acceptors (Lipinski definition) is 4. The SMILES string of the molecule is C1CCNC1.Cc1nc2ccc(B3OC(C)(C)C(C)(C)O3)cc2[nH]1. The first-order chi connectivity index (χ1) is 11.3. The summed E-state index contributed by atoms with van der Waals surface area (Å²) in [6.07, 6.45) is 2.78. The van der Waals surface area contributed by atoms with Gasteiger partial charge in [0.15, 0.2) is 0 Å². The van der Waals surface area contributed by atoms with Crippen molar-refractivity contribution in [2.24, 2.45) is 0 Å². The maximum Gasteiger partial charge on any atom is 0.494 e. The molecule has 24 heavy (non-hydrogen) atoms. The molecule has 5 nitrogen and oxygen atoms in total. The van der Waals surface area contributed by atoms with Crippen LogP contribution in [0.15, 0.2) is 18.2 Å². The Labute approximate surface area is 144 Å². The third kappa shape index (κ3) is 3.51. The number of benzene rings is 1. The molecule has 0 atom stereocenters. The van der Waals surface area contributed by atoms with Gasteiger partial charge in [-0.05, 0) is 78.1 Å². The highest BCUT2D eigenvalue weighted by atomic mass is 16.7. The number of H-pyrrole nitrogens is 1. The molecule has 0 bridgehead atoms. The zero-order chi connectivity index (χ0) is 17.4. The van der Waals surface area contributed by atoms with Gasteiger partial charge in [-0.2, -0.15) is 0 Å². The number of imidazole rings is 1. The average Bonchev–Trinajstić information content (AvgIpc) is 3.19. The fraction of sp³-hybridized carbons (Fsp3) is 0.611. The average molecular weight is 329 g/mol. The Hall–Kier alpha value is -1.37. The first kappa shape index (κ1) is 17.5. The van der Waals surface area contributed by atoms with Gasteiger partial charge in [0.05, 0.1) is 22.2 Å². The van der Waals surface area contributed by atoms with E-state index in [1.807, 2.05) is 19.1 Å². The van der Waals surface area contributed by atoms with Crippen molar-refractivity contribution in [1.82, 2.24) is 15.3 Å². The fourth-order valence-electron chi connectivity index (χ4n) is 2.91. The van der Waals surface area contributed by atoms with Gasteiger partial charge >= 0.3 is 7.12 Å². The van der Waals surface area contributed by atoms with Crippen molar-refractivity contribution < 1.29 is 9.31 Å². The van der Waals surface area contributed by atoms with Crippen molar-refractivity contribution in [1.29, 1.82) is 0 Å². The summed E-state index contributed by atoms with van der Waals surface area (Å²) >= 11 is 0. The highest BCUT2D eigenvalue weighted by Crippen LogP contribution is 2.36. The Morgan fingerprint density at radius 3 is 2.21 bits per heavy atom. The number of aromatic nitrogens is 2. The third-order valence-corrected chi connectivity index (χ3v) is 5.11. The monoisotopic (exact) mass is 329 g/mol. The summed E-state index contributed by atoms with van der Waals surface area (Å²) in [5.41, 5.74) is 2.39. The molecule has 3 heterocycles. The lowest BCUT2D eigenvalue weighted by Crippen LogP contribution is -2.41. The van der Waals surface area contributed by atoms with Gasteiger partial charge in [-0.1, -0.05) is 6.07 Å². The quantitative estimate of drug-likeness (QED) is 0.790. The number of rotatable bonds is 1. The van der Waals surface area contributed by atoms with Crippen LogP contribution < -0.4 is 10.8 Å². The number of aromatic amines is 1. The van der Waals surface area contributed by atoms with Crippen molar-refractivity contribution in [3.63, 3.8) is 0 Å². The number of nitrogens with one attached hydrogen (secondary N) is 2. The summed E-state index contributed by atoms with van der Waals surface area (Å²) in [5.74, 6) is 0.918. The van der Waals surface area contributed by atoms with Crippen molar-refractivity contribution in [3.05, 3.63) is 24.0 Å². The molecule has 6 heteroatoms. The zero-order valence-electron chi connectivity index (χ0n) is 15.4. The first-order valence-electron chi connectivity index (χ1n) is 8.81. The summed E-state index contributed by atoms with van der Waals surface area (Å²) in [6.45, 7) is 12.7. The summed E-state index contributed by atoms with van der Waals surface area (Å²) < 4.78 is 12.1. The first-order valence-corrected chi connectivity index (χ1v) is 8.81. The van der Waals surface area contributed by atoms with E-state index in [-0.39, 0.29) is 18.3 Å². The minimum Gasteiger partial charge on any atom is -0.399 e. The van der Waals surface area contributed by atoms with Gasteiger partial charge in [-0.3, -0.25) is 0 Å². The van der Waals surface area contributed by atoms with Crippen LogP contribution in [-0.4, -0.2) is 41.4 Å². The predicted molar refractivity (Wildman–Crippen MR) is 98.7 cm³/mol. The molecule has 4 rings (SSSR count). The van der Waals surface area contributed by atoms with Gasteiger partial charge in [-0.15, -0.1) is 0 Å². The van der Waals surface area contributed by atoms with Gasteiger partial charge in [0.1, 0.15) is 5.82 Å². The minimum absolute atomic E-state index is 0.309. The molecule has 0 saturated carbocycles. The van der Waals surface area contributed by atoms with E-state index in [1.54, 1.807) is 0 Å². The van der Waals surface area contributed by atoms with E-state index in [4.69, 9.17) is 9.31 Å². The largest absolute Gasteiger partial charge is 0.494 e. The van der Waals surface area contributed by atoms with Crippen LogP contribution in [0.3, 0.4) is 0 Å². The lowest BCUT2D eigenvalue weighted by atomic mass is 9.79. The van der Waals surface area contributed by atoms with Gasteiger partial charge in [0.2, 0.25) is 0 Å². The predicted octanol–water partition coefficient (Wildman–Crippen LogP) is 2.54. The number of nitrogens with zero attached hydrogens (tertiary/aromatic N) is 1. The molecule has 0 radical (unpaired) electrons. The molecule has 2 N–H and O–H groups in total. The maximum atomic E-state index is 6.05. The molecule has 0 unspecified atom stereocenters. The lowest BCUT2D eigenvalue weighted by molar-refractivity contribution is 0.00578. The molecular formula is C18H28BN3O2. The normalized spacial score (nSPS) is 21.8. The Balaban J connectivity index is 0.000000290. The maximum absolute atomic E-state index is 6.05. The minimum atomic E-state index is -0.321. The van der Waals surface area contributed by atoms with Gasteiger partial charge in [-0.25, -0.2) is 4.98 Å². The second-order valence-electron chi connectivity index (χ2n) is 7.64. The van der Waals surface area contributed by atoms with Gasteiger partial charge in [0, 0.05) is 0 Å². The van der Waals surface area contributed by atoms with E-state index in [1.165, 1.54) is 25.9 Å². The molecule has 0 spiro atoms. The lowest BCUT2D eigenvalue weighted by Gasteiger charge is -2.32. The van der Waals surface area contributed by atoms with Crippen molar-refractivity contribution >= 4 is 23.6 Å². The summed E-state index contributed by atoms with van der Waals surface area (Å²) in [5, 5.41) is 3.22. The topological polar surface area (TPSA) is 59.2 Å². The van der Waals surface area contributed by atoms with Crippen molar-refractivity contribution in [2.45, 2.75) is 58.7 Å². The van der Waals surface area contributed by atoms with E-state index in [9.17, 15) is 0 Å². The third-order valence-electron chi connectivity index (χ3n) is 5.11. The van der Waals surface area contributed by atoms with Crippen LogP contribution >= 0.6 is 0 Å². The van der Waals surface area contributed by atoms with Crippen LogP contribution in [0.25, 0.3) is 11.0 Å². The second-order valence-corrected chi connectivity index (χ2v) is 7.64. The van der Waals surface area contributed by atoms with Crippen molar-refractivity contribution in [3.8, 4) is 0 Å². The fourth-order valence-corrected chi connectivity index (χ4v) is 2.91. The molecule has 2 aromatic rings. The van der Waals surface area contributed by atoms with Gasteiger partial charge < -0.3 is 19.6 Å². The second kappa shape index (κ2) is 6.50. The number of fused-ring (bicyclic) bond motifs is 1. The number of hydrogen-bond donors (Lipinski definition) is 2. The smallest absolute Gasteiger partial charge is 0.399 e. The van der Waals surface area contributed by atoms with Crippen LogP contribution in [-0.2, 0) is 9.31 Å².